The molecule has 2 N–H and O–H groups in total. The zero-order chi connectivity index (χ0) is 17.4. The summed E-state index contributed by atoms with van der Waals surface area (Å²) in [5.74, 6) is 1.79. The summed E-state index contributed by atoms with van der Waals surface area (Å²) in [5, 5.41) is 18.2. The maximum atomic E-state index is 12.5. The fourth-order valence-electron chi connectivity index (χ4n) is 3.13. The molecule has 3 heterocycles. The fourth-order valence-corrected chi connectivity index (χ4v) is 3.13. The van der Waals surface area contributed by atoms with E-state index in [9.17, 15) is 9.59 Å². The molecule has 25 heavy (non-hydrogen) atoms. The van der Waals surface area contributed by atoms with Crippen LogP contribution in [0.1, 0.15) is 47.4 Å². The van der Waals surface area contributed by atoms with Gasteiger partial charge in [0.25, 0.3) is 5.91 Å². The van der Waals surface area contributed by atoms with E-state index in [1.165, 1.54) is 12.8 Å². The number of amides is 2. The first-order valence-corrected chi connectivity index (χ1v) is 8.60. The van der Waals surface area contributed by atoms with Crippen LogP contribution in [0.5, 0.6) is 0 Å². The van der Waals surface area contributed by atoms with Gasteiger partial charge in [-0.1, -0.05) is 0 Å². The molecule has 1 saturated carbocycles. The zero-order valence-corrected chi connectivity index (χ0v) is 14.1. The summed E-state index contributed by atoms with van der Waals surface area (Å²) < 4.78 is 3.44. The van der Waals surface area contributed by atoms with Crippen LogP contribution in [0, 0.1) is 5.92 Å². The van der Waals surface area contributed by atoms with Crippen LogP contribution in [0.25, 0.3) is 0 Å². The summed E-state index contributed by atoms with van der Waals surface area (Å²) in [6, 6.07) is 1.36. The number of nitrogens with zero attached hydrogens (tertiary/aromatic N) is 5. The van der Waals surface area contributed by atoms with Gasteiger partial charge in [0.05, 0.1) is 6.54 Å². The highest BCUT2D eigenvalue weighted by atomic mass is 16.2. The van der Waals surface area contributed by atoms with Gasteiger partial charge < -0.3 is 15.2 Å². The largest absolute Gasteiger partial charge is 0.354 e. The highest BCUT2D eigenvalue weighted by molar-refractivity contribution is 5.92. The first-order valence-electron chi connectivity index (χ1n) is 8.60. The van der Waals surface area contributed by atoms with Crippen LogP contribution in [0.15, 0.2) is 12.3 Å². The van der Waals surface area contributed by atoms with E-state index in [0.717, 1.165) is 25.2 Å². The van der Waals surface area contributed by atoms with Crippen molar-refractivity contribution in [2.75, 3.05) is 6.54 Å². The standard InChI is InChI=1S/C16H21N7O2/c1-22-7-6-11(21-22)15(24)18-9-14-20-19-13-5-4-12(23(13)14)16(25)17-8-10-2-3-10/h6-7,10,12H,2-5,8-9H2,1H3,(H,17,25)(H,18,24). The molecule has 132 valence electrons. The Morgan fingerprint density at radius 3 is 2.80 bits per heavy atom. The number of nitrogens with one attached hydrogen (secondary N) is 2. The molecule has 0 radical (unpaired) electrons. The maximum Gasteiger partial charge on any atom is 0.272 e. The predicted molar refractivity (Wildman–Crippen MR) is 87.5 cm³/mol. The third-order valence-electron chi connectivity index (χ3n) is 4.71. The molecule has 2 aromatic rings. The summed E-state index contributed by atoms with van der Waals surface area (Å²) in [6.45, 7) is 0.966. The topological polar surface area (TPSA) is 107 Å². The van der Waals surface area contributed by atoms with Crippen LogP contribution in [0.3, 0.4) is 0 Å². The number of hydrogen-bond donors (Lipinski definition) is 2. The molecule has 9 nitrogen and oxygen atoms in total. The molecular weight excluding hydrogens is 322 g/mol. The Hall–Kier alpha value is -2.71. The SMILES string of the molecule is Cn1ccc(C(=O)NCc2nnc3n2C(C(=O)NCC2CC2)CC3)n1. The van der Waals surface area contributed by atoms with Crippen LogP contribution in [-0.4, -0.2) is 42.9 Å². The second-order valence-electron chi connectivity index (χ2n) is 6.70. The van der Waals surface area contributed by atoms with Crippen molar-refractivity contribution in [3.63, 3.8) is 0 Å². The number of aromatic nitrogens is 5. The second-order valence-corrected chi connectivity index (χ2v) is 6.70. The van der Waals surface area contributed by atoms with Gasteiger partial charge in [0.2, 0.25) is 5.91 Å². The zero-order valence-electron chi connectivity index (χ0n) is 14.1. The molecule has 1 aliphatic heterocycles. The van der Waals surface area contributed by atoms with Crippen LogP contribution in [0.2, 0.25) is 0 Å². The lowest BCUT2D eigenvalue weighted by Crippen LogP contribution is -2.34. The average molecular weight is 343 g/mol. The Labute approximate surface area is 144 Å². The summed E-state index contributed by atoms with van der Waals surface area (Å²) in [6.07, 6.45) is 5.57. The Kier molecular flexibility index (Phi) is 3.98. The average Bonchev–Trinajstić information content (AvgIpc) is 2.99. The first kappa shape index (κ1) is 15.8. The number of fused-ring (bicyclic) bond motifs is 1. The van der Waals surface area contributed by atoms with Gasteiger partial charge in [-0.2, -0.15) is 5.10 Å². The lowest BCUT2D eigenvalue weighted by molar-refractivity contribution is -0.124. The van der Waals surface area contributed by atoms with E-state index in [-0.39, 0.29) is 24.4 Å². The Balaban J connectivity index is 1.41. The van der Waals surface area contributed by atoms with Crippen molar-refractivity contribution in [2.24, 2.45) is 13.0 Å². The highest BCUT2D eigenvalue weighted by Gasteiger charge is 2.33. The summed E-state index contributed by atoms with van der Waals surface area (Å²) in [5.41, 5.74) is 0.349. The van der Waals surface area contributed by atoms with E-state index < -0.39 is 0 Å². The molecule has 1 atom stereocenters. The molecule has 4 rings (SSSR count). The van der Waals surface area contributed by atoms with Gasteiger partial charge in [-0.25, -0.2) is 0 Å². The van der Waals surface area contributed by atoms with Crippen molar-refractivity contribution in [1.29, 1.82) is 0 Å². The van der Waals surface area contributed by atoms with Crippen LogP contribution >= 0.6 is 0 Å². The third kappa shape index (κ3) is 3.26. The van der Waals surface area contributed by atoms with Crippen molar-refractivity contribution < 1.29 is 9.59 Å². The minimum atomic E-state index is -0.287. The van der Waals surface area contributed by atoms with Crippen molar-refractivity contribution in [2.45, 2.75) is 38.3 Å². The van der Waals surface area contributed by atoms with E-state index in [1.807, 2.05) is 4.57 Å². The molecule has 1 aliphatic carbocycles. The fraction of sp³-hybridized carbons (Fsp3) is 0.562. The van der Waals surface area contributed by atoms with Crippen molar-refractivity contribution >= 4 is 11.8 Å². The molecule has 2 amide bonds. The minimum Gasteiger partial charge on any atom is -0.354 e. The van der Waals surface area contributed by atoms with Crippen LogP contribution < -0.4 is 10.6 Å². The minimum absolute atomic E-state index is 0.0164. The van der Waals surface area contributed by atoms with Gasteiger partial charge in [-0.3, -0.25) is 14.3 Å². The second kappa shape index (κ2) is 6.30. The van der Waals surface area contributed by atoms with E-state index in [1.54, 1.807) is 24.0 Å². The smallest absolute Gasteiger partial charge is 0.272 e. The predicted octanol–water partition coefficient (Wildman–Crippen LogP) is -0.0449. The van der Waals surface area contributed by atoms with Crippen molar-refractivity contribution in [1.82, 2.24) is 35.2 Å². The van der Waals surface area contributed by atoms with E-state index >= 15 is 0 Å². The molecule has 2 aliphatic rings. The number of hydrogen-bond acceptors (Lipinski definition) is 5. The third-order valence-corrected chi connectivity index (χ3v) is 4.71. The van der Waals surface area contributed by atoms with E-state index in [2.05, 4.69) is 25.9 Å². The normalized spacial score (nSPS) is 18.8. The molecule has 9 heteroatoms. The monoisotopic (exact) mass is 343 g/mol. The van der Waals surface area contributed by atoms with Gasteiger partial charge in [0.15, 0.2) is 5.82 Å². The van der Waals surface area contributed by atoms with Gasteiger partial charge in [0, 0.05) is 26.2 Å². The van der Waals surface area contributed by atoms with E-state index in [4.69, 9.17) is 0 Å². The van der Waals surface area contributed by atoms with Crippen molar-refractivity contribution in [3.05, 3.63) is 29.6 Å². The maximum absolute atomic E-state index is 12.5. The van der Waals surface area contributed by atoms with Gasteiger partial charge in [-0.05, 0) is 31.2 Å². The Morgan fingerprint density at radius 2 is 2.08 bits per heavy atom. The summed E-state index contributed by atoms with van der Waals surface area (Å²) in [7, 11) is 1.76. The van der Waals surface area contributed by atoms with Gasteiger partial charge in [0.1, 0.15) is 17.6 Å². The number of rotatable bonds is 6. The molecule has 2 aromatic heterocycles. The number of carbonyl (C=O) groups is 2. The Morgan fingerprint density at radius 1 is 1.24 bits per heavy atom. The Bertz CT molecular complexity index is 805. The molecular formula is C16H21N7O2. The van der Waals surface area contributed by atoms with E-state index in [0.29, 0.717) is 17.4 Å². The summed E-state index contributed by atoms with van der Waals surface area (Å²) >= 11 is 0. The molecule has 0 spiro atoms. The van der Waals surface area contributed by atoms with Crippen molar-refractivity contribution in [3.8, 4) is 0 Å². The lowest BCUT2D eigenvalue weighted by atomic mass is 10.2. The van der Waals surface area contributed by atoms with Gasteiger partial charge in [-0.15, -0.1) is 10.2 Å². The van der Waals surface area contributed by atoms with Gasteiger partial charge >= 0.3 is 0 Å². The molecule has 1 fully saturated rings. The highest BCUT2D eigenvalue weighted by Crippen LogP contribution is 2.29. The van der Waals surface area contributed by atoms with Crippen LogP contribution in [-0.2, 0) is 24.8 Å². The molecule has 0 saturated heterocycles. The molecule has 1 unspecified atom stereocenters. The number of carbonyl (C=O) groups excluding carboxylic acids is 2. The summed E-state index contributed by atoms with van der Waals surface area (Å²) in [4.78, 5) is 24.6. The first-order chi connectivity index (χ1) is 12.1. The number of aryl methyl sites for hydroxylation is 2. The molecule has 0 aromatic carbocycles. The van der Waals surface area contributed by atoms with Crippen LogP contribution in [0.4, 0.5) is 0 Å². The quantitative estimate of drug-likeness (QED) is 0.765. The molecule has 0 bridgehead atoms. The lowest BCUT2D eigenvalue weighted by Gasteiger charge is -2.15.